The van der Waals surface area contributed by atoms with E-state index in [4.69, 9.17) is 34.3 Å². The Labute approximate surface area is 118 Å². The maximum Gasteiger partial charge on any atom is 0.104 e. The maximum atomic E-state index is 6.26. The van der Waals surface area contributed by atoms with Gasteiger partial charge in [-0.2, -0.15) is 0 Å². The van der Waals surface area contributed by atoms with Crippen molar-refractivity contribution >= 4 is 34.5 Å². The Hall–Kier alpha value is -0.840. The van der Waals surface area contributed by atoms with Crippen LogP contribution in [0.5, 0.6) is 0 Å². The summed E-state index contributed by atoms with van der Waals surface area (Å²) in [7, 11) is 2.02. The van der Waals surface area contributed by atoms with Gasteiger partial charge in [-0.25, -0.2) is 0 Å². The highest BCUT2D eigenvalue weighted by atomic mass is 35.5. The molecule has 0 aliphatic carbocycles. The summed E-state index contributed by atoms with van der Waals surface area (Å²) in [5, 5.41) is 0.667. The number of nitrogens with two attached hydrogens (primary N) is 1. The first-order valence-corrected chi connectivity index (χ1v) is 6.78. The van der Waals surface area contributed by atoms with E-state index in [1.165, 1.54) is 0 Å². The predicted octanol–water partition coefficient (Wildman–Crippen LogP) is 2.59. The minimum atomic E-state index is 0.307. The summed E-state index contributed by atoms with van der Waals surface area (Å²) < 4.78 is 5.62. The van der Waals surface area contributed by atoms with Gasteiger partial charge in [-0.3, -0.25) is 0 Å². The van der Waals surface area contributed by atoms with E-state index in [0.29, 0.717) is 16.1 Å². The molecule has 0 aromatic heterocycles. The smallest absolute Gasteiger partial charge is 0.104 e. The van der Waals surface area contributed by atoms with Crippen molar-refractivity contribution in [2.75, 3.05) is 25.1 Å². The summed E-state index contributed by atoms with van der Waals surface area (Å²) in [5.74, 6) is 0. The highest BCUT2D eigenvalue weighted by molar-refractivity contribution is 7.80. The van der Waals surface area contributed by atoms with Gasteiger partial charge in [0.15, 0.2) is 0 Å². The summed E-state index contributed by atoms with van der Waals surface area (Å²) >= 11 is 11.2. The Morgan fingerprint density at radius 2 is 2.39 bits per heavy atom. The zero-order valence-electron chi connectivity index (χ0n) is 10.4. The molecule has 0 amide bonds. The molecule has 5 heteroatoms. The number of hydrogen-bond donors (Lipinski definition) is 1. The normalized spacial score (nSPS) is 18.9. The molecule has 1 unspecified atom stereocenters. The molecule has 0 radical (unpaired) electrons. The fourth-order valence-electron chi connectivity index (χ4n) is 2.16. The highest BCUT2D eigenvalue weighted by Gasteiger charge is 2.18. The number of rotatable bonds is 4. The van der Waals surface area contributed by atoms with Crippen molar-refractivity contribution in [3.05, 3.63) is 28.8 Å². The zero-order chi connectivity index (χ0) is 13.1. The lowest BCUT2D eigenvalue weighted by molar-refractivity contribution is 0.116. The second-order valence-electron chi connectivity index (χ2n) is 4.55. The van der Waals surface area contributed by atoms with E-state index in [1.54, 1.807) is 0 Å². The van der Waals surface area contributed by atoms with Crippen molar-refractivity contribution in [2.24, 2.45) is 5.73 Å². The number of ether oxygens (including phenoxy) is 1. The number of hydrogen-bond acceptors (Lipinski definition) is 3. The lowest BCUT2D eigenvalue weighted by atomic mass is 10.1. The van der Waals surface area contributed by atoms with Gasteiger partial charge in [0, 0.05) is 25.8 Å². The number of benzene rings is 1. The van der Waals surface area contributed by atoms with E-state index in [1.807, 2.05) is 25.2 Å². The van der Waals surface area contributed by atoms with Crippen molar-refractivity contribution in [2.45, 2.75) is 18.9 Å². The van der Waals surface area contributed by atoms with Gasteiger partial charge < -0.3 is 15.4 Å². The largest absolute Gasteiger partial charge is 0.389 e. The molecular formula is C13H17ClN2OS. The van der Waals surface area contributed by atoms with E-state index in [-0.39, 0.29) is 0 Å². The maximum absolute atomic E-state index is 6.26. The molecule has 98 valence electrons. The molecule has 0 saturated carbocycles. The second-order valence-corrected chi connectivity index (χ2v) is 5.39. The fourth-order valence-corrected chi connectivity index (χ4v) is 2.61. The highest BCUT2D eigenvalue weighted by Crippen LogP contribution is 2.27. The van der Waals surface area contributed by atoms with Gasteiger partial charge in [-0.15, -0.1) is 0 Å². The summed E-state index contributed by atoms with van der Waals surface area (Å²) in [4.78, 5) is 2.48. The van der Waals surface area contributed by atoms with E-state index in [2.05, 4.69) is 4.90 Å². The standard InChI is InChI=1S/C13H17ClN2OS/c1-16(8-10-3-2-6-17-10)12-5-4-9(13(15)18)7-11(12)14/h4-5,7,10H,2-3,6,8H2,1H3,(H2,15,18). The van der Waals surface area contributed by atoms with E-state index in [9.17, 15) is 0 Å². The van der Waals surface area contributed by atoms with Crippen molar-refractivity contribution in [3.63, 3.8) is 0 Å². The third kappa shape index (κ3) is 3.13. The van der Waals surface area contributed by atoms with E-state index in [0.717, 1.165) is 37.2 Å². The zero-order valence-corrected chi connectivity index (χ0v) is 11.9. The van der Waals surface area contributed by atoms with Crippen molar-refractivity contribution < 1.29 is 4.74 Å². The molecule has 2 N–H and O–H groups in total. The third-order valence-corrected chi connectivity index (χ3v) is 3.68. The van der Waals surface area contributed by atoms with Crippen molar-refractivity contribution in [1.82, 2.24) is 0 Å². The summed E-state index contributed by atoms with van der Waals surface area (Å²) in [5.41, 5.74) is 7.35. The van der Waals surface area contributed by atoms with E-state index >= 15 is 0 Å². The van der Waals surface area contributed by atoms with Crippen molar-refractivity contribution in [1.29, 1.82) is 0 Å². The Balaban J connectivity index is 2.09. The van der Waals surface area contributed by atoms with Crippen LogP contribution in [-0.4, -0.2) is 31.3 Å². The van der Waals surface area contributed by atoms with Crippen LogP contribution < -0.4 is 10.6 Å². The second kappa shape index (κ2) is 5.87. The van der Waals surface area contributed by atoms with Crippen LogP contribution in [0.1, 0.15) is 18.4 Å². The minimum absolute atomic E-state index is 0.307. The number of thiocarbonyl (C=S) groups is 1. The van der Waals surface area contributed by atoms with Gasteiger partial charge in [0.05, 0.1) is 16.8 Å². The third-order valence-electron chi connectivity index (χ3n) is 3.14. The van der Waals surface area contributed by atoms with E-state index < -0.39 is 0 Å². The molecule has 1 atom stereocenters. The molecule has 0 bridgehead atoms. The van der Waals surface area contributed by atoms with Gasteiger partial charge in [0.2, 0.25) is 0 Å². The van der Waals surface area contributed by atoms with Crippen LogP contribution in [0.2, 0.25) is 5.02 Å². The van der Waals surface area contributed by atoms with Crippen LogP contribution >= 0.6 is 23.8 Å². The molecule has 2 rings (SSSR count). The monoisotopic (exact) mass is 284 g/mol. The molecule has 0 spiro atoms. The molecule has 1 aliphatic heterocycles. The van der Waals surface area contributed by atoms with Gasteiger partial charge in [0.1, 0.15) is 4.99 Å². The number of nitrogens with zero attached hydrogens (tertiary/aromatic N) is 1. The molecule has 1 heterocycles. The predicted molar refractivity (Wildman–Crippen MR) is 79.6 cm³/mol. The van der Waals surface area contributed by atoms with Crippen LogP contribution in [0.4, 0.5) is 5.69 Å². The molecule has 1 aromatic rings. The van der Waals surface area contributed by atoms with Gasteiger partial charge in [-0.1, -0.05) is 23.8 Å². The molecule has 3 nitrogen and oxygen atoms in total. The summed E-state index contributed by atoms with van der Waals surface area (Å²) in [6.07, 6.45) is 2.57. The first-order valence-electron chi connectivity index (χ1n) is 6.00. The number of halogens is 1. The van der Waals surface area contributed by atoms with Crippen LogP contribution in [-0.2, 0) is 4.74 Å². The topological polar surface area (TPSA) is 38.5 Å². The molecule has 18 heavy (non-hydrogen) atoms. The Morgan fingerprint density at radius 1 is 1.61 bits per heavy atom. The average Bonchev–Trinajstić information content (AvgIpc) is 2.81. The SMILES string of the molecule is CN(CC1CCCO1)c1ccc(C(N)=S)cc1Cl. The minimum Gasteiger partial charge on any atom is -0.389 e. The Bertz CT molecular complexity index is 447. The van der Waals surface area contributed by atoms with Gasteiger partial charge in [-0.05, 0) is 31.0 Å². The van der Waals surface area contributed by atoms with Crippen LogP contribution in [0, 0.1) is 0 Å². The number of anilines is 1. The van der Waals surface area contributed by atoms with Crippen LogP contribution in [0.15, 0.2) is 18.2 Å². The first-order chi connectivity index (χ1) is 8.58. The molecular weight excluding hydrogens is 268 g/mol. The average molecular weight is 285 g/mol. The summed E-state index contributed by atoms with van der Waals surface area (Å²) in [6.45, 7) is 1.72. The Kier molecular flexibility index (Phi) is 4.43. The first kappa shape index (κ1) is 13.6. The van der Waals surface area contributed by atoms with Crippen LogP contribution in [0.25, 0.3) is 0 Å². The summed E-state index contributed by atoms with van der Waals surface area (Å²) in [6, 6.07) is 5.66. The lowest BCUT2D eigenvalue weighted by Gasteiger charge is -2.24. The molecule has 1 saturated heterocycles. The van der Waals surface area contributed by atoms with Crippen LogP contribution in [0.3, 0.4) is 0 Å². The Morgan fingerprint density at radius 3 is 2.94 bits per heavy atom. The lowest BCUT2D eigenvalue weighted by Crippen LogP contribution is -2.28. The van der Waals surface area contributed by atoms with Gasteiger partial charge in [0.25, 0.3) is 0 Å². The van der Waals surface area contributed by atoms with Gasteiger partial charge >= 0.3 is 0 Å². The molecule has 1 aromatic carbocycles. The molecule has 1 fully saturated rings. The molecule has 1 aliphatic rings. The quantitative estimate of drug-likeness (QED) is 0.863. The fraction of sp³-hybridized carbons (Fsp3) is 0.462. The number of likely N-dealkylation sites (N-methyl/N-ethyl adjacent to an activating group) is 1. The van der Waals surface area contributed by atoms with Crippen molar-refractivity contribution in [3.8, 4) is 0 Å².